The minimum atomic E-state index is -0.437. The zero-order valence-corrected chi connectivity index (χ0v) is 8.77. The van der Waals surface area contributed by atoms with Crippen LogP contribution in [0, 0.1) is 0 Å². The van der Waals surface area contributed by atoms with Gasteiger partial charge in [-0.15, -0.1) is 0 Å². The number of carbonyl (C=O) groups excluding carboxylic acids is 1. The molecule has 0 N–H and O–H groups in total. The predicted molar refractivity (Wildman–Crippen MR) is 50.5 cm³/mol. The van der Waals surface area contributed by atoms with Crippen LogP contribution in [-0.2, 0) is 4.74 Å². The summed E-state index contributed by atoms with van der Waals surface area (Å²) in [7, 11) is 2.83. The number of aromatic nitrogens is 2. The molecule has 1 rings (SSSR count). The summed E-state index contributed by atoms with van der Waals surface area (Å²) in [6.45, 7) is 3.86. The van der Waals surface area contributed by atoms with Crippen LogP contribution in [0.15, 0.2) is 6.20 Å². The van der Waals surface area contributed by atoms with Crippen molar-refractivity contribution in [2.24, 2.45) is 0 Å². The highest BCUT2D eigenvalue weighted by Gasteiger charge is 2.21. The summed E-state index contributed by atoms with van der Waals surface area (Å²) in [5.41, 5.74) is 0.352. The monoisotopic (exact) mass is 198 g/mol. The Balaban J connectivity index is 3.19. The third kappa shape index (κ3) is 1.71. The van der Waals surface area contributed by atoms with Crippen LogP contribution in [0.3, 0.4) is 0 Å². The Hall–Kier alpha value is -1.52. The lowest BCUT2D eigenvalue weighted by atomic mass is 10.3. The number of rotatable bonds is 3. The molecule has 1 aromatic rings. The largest absolute Gasteiger partial charge is 0.493 e. The van der Waals surface area contributed by atoms with Crippen molar-refractivity contribution in [2.75, 3.05) is 14.2 Å². The minimum absolute atomic E-state index is 0.0907. The molecule has 0 radical (unpaired) electrons. The maximum Gasteiger partial charge on any atom is 0.360 e. The quantitative estimate of drug-likeness (QED) is 0.686. The molecule has 0 saturated carbocycles. The zero-order chi connectivity index (χ0) is 10.7. The minimum Gasteiger partial charge on any atom is -0.493 e. The molecule has 0 amide bonds. The second-order valence-electron chi connectivity index (χ2n) is 3.09. The first-order valence-corrected chi connectivity index (χ1v) is 4.31. The van der Waals surface area contributed by atoms with E-state index in [9.17, 15) is 4.79 Å². The Bertz CT molecular complexity index is 331. The van der Waals surface area contributed by atoms with Gasteiger partial charge in [0.25, 0.3) is 0 Å². The molecule has 5 nitrogen and oxygen atoms in total. The fourth-order valence-corrected chi connectivity index (χ4v) is 1.18. The fourth-order valence-electron chi connectivity index (χ4n) is 1.18. The van der Waals surface area contributed by atoms with E-state index in [4.69, 9.17) is 4.74 Å². The molecule has 0 bridgehead atoms. The van der Waals surface area contributed by atoms with Gasteiger partial charge in [0.15, 0.2) is 11.4 Å². The SMILES string of the molecule is COC(=O)c1c(OC)cnn1C(C)C. The molecule has 1 heterocycles. The summed E-state index contributed by atoms with van der Waals surface area (Å²) in [5.74, 6) is -0.00130. The van der Waals surface area contributed by atoms with Crippen LogP contribution in [-0.4, -0.2) is 30.0 Å². The summed E-state index contributed by atoms with van der Waals surface area (Å²) < 4.78 is 11.2. The molecule has 5 heteroatoms. The number of hydrogen-bond acceptors (Lipinski definition) is 4. The first kappa shape index (κ1) is 10.6. The van der Waals surface area contributed by atoms with Crippen molar-refractivity contribution < 1.29 is 14.3 Å². The van der Waals surface area contributed by atoms with Gasteiger partial charge in [-0.3, -0.25) is 4.68 Å². The number of ether oxygens (including phenoxy) is 2. The molecule has 0 atom stereocenters. The van der Waals surface area contributed by atoms with Crippen molar-refractivity contribution in [1.29, 1.82) is 0 Å². The molecular weight excluding hydrogens is 184 g/mol. The van der Waals surface area contributed by atoms with Crippen molar-refractivity contribution >= 4 is 5.97 Å². The summed E-state index contributed by atoms with van der Waals surface area (Å²) in [6, 6.07) is 0.0907. The van der Waals surface area contributed by atoms with Crippen LogP contribution in [0.25, 0.3) is 0 Å². The van der Waals surface area contributed by atoms with Gasteiger partial charge >= 0.3 is 5.97 Å². The molecule has 0 saturated heterocycles. The van der Waals surface area contributed by atoms with Crippen LogP contribution in [0.2, 0.25) is 0 Å². The van der Waals surface area contributed by atoms with Crippen molar-refractivity contribution in [3.8, 4) is 5.75 Å². The van der Waals surface area contributed by atoms with Gasteiger partial charge in [-0.2, -0.15) is 5.10 Å². The predicted octanol–water partition coefficient (Wildman–Crippen LogP) is 1.26. The highest BCUT2D eigenvalue weighted by Crippen LogP contribution is 2.21. The van der Waals surface area contributed by atoms with Crippen molar-refractivity contribution in [1.82, 2.24) is 9.78 Å². The van der Waals surface area contributed by atoms with Gasteiger partial charge in [0.1, 0.15) is 0 Å². The Morgan fingerprint density at radius 1 is 1.50 bits per heavy atom. The number of hydrogen-bond donors (Lipinski definition) is 0. The highest BCUT2D eigenvalue weighted by molar-refractivity contribution is 5.90. The molecular formula is C9H14N2O3. The Morgan fingerprint density at radius 2 is 2.14 bits per heavy atom. The first-order chi connectivity index (χ1) is 6.61. The second-order valence-corrected chi connectivity index (χ2v) is 3.09. The van der Waals surface area contributed by atoms with E-state index in [1.165, 1.54) is 20.4 Å². The number of carbonyl (C=O) groups is 1. The maximum atomic E-state index is 11.4. The molecule has 0 fully saturated rings. The molecule has 0 aliphatic carbocycles. The summed E-state index contributed by atoms with van der Waals surface area (Å²) >= 11 is 0. The molecule has 0 aliphatic rings. The van der Waals surface area contributed by atoms with Crippen LogP contribution in [0.4, 0.5) is 0 Å². The smallest absolute Gasteiger partial charge is 0.360 e. The fraction of sp³-hybridized carbons (Fsp3) is 0.556. The van der Waals surface area contributed by atoms with E-state index in [1.54, 1.807) is 4.68 Å². The first-order valence-electron chi connectivity index (χ1n) is 4.31. The second kappa shape index (κ2) is 4.13. The Kier molecular flexibility index (Phi) is 3.11. The Labute approximate surface area is 82.6 Å². The van der Waals surface area contributed by atoms with Crippen LogP contribution < -0.4 is 4.74 Å². The molecule has 0 aliphatic heterocycles. The molecule has 0 spiro atoms. The lowest BCUT2D eigenvalue weighted by Crippen LogP contribution is -2.14. The van der Waals surface area contributed by atoms with Crippen molar-refractivity contribution in [2.45, 2.75) is 19.9 Å². The average molecular weight is 198 g/mol. The van der Waals surface area contributed by atoms with Crippen molar-refractivity contribution in [3.05, 3.63) is 11.9 Å². The number of nitrogens with zero attached hydrogens (tertiary/aromatic N) is 2. The summed E-state index contributed by atoms with van der Waals surface area (Å²) in [5, 5.41) is 4.05. The zero-order valence-electron chi connectivity index (χ0n) is 8.77. The van der Waals surface area contributed by atoms with Gasteiger partial charge in [0.05, 0.1) is 20.4 Å². The van der Waals surface area contributed by atoms with E-state index in [0.717, 1.165) is 0 Å². The Morgan fingerprint density at radius 3 is 2.57 bits per heavy atom. The topological polar surface area (TPSA) is 53.4 Å². The number of esters is 1. The van der Waals surface area contributed by atoms with Gasteiger partial charge < -0.3 is 9.47 Å². The van der Waals surface area contributed by atoms with E-state index in [2.05, 4.69) is 9.84 Å². The van der Waals surface area contributed by atoms with E-state index in [0.29, 0.717) is 11.4 Å². The number of methoxy groups -OCH3 is 2. The van der Waals surface area contributed by atoms with E-state index < -0.39 is 5.97 Å². The lowest BCUT2D eigenvalue weighted by Gasteiger charge is -2.09. The van der Waals surface area contributed by atoms with E-state index in [1.807, 2.05) is 13.8 Å². The van der Waals surface area contributed by atoms with E-state index in [-0.39, 0.29) is 6.04 Å². The van der Waals surface area contributed by atoms with E-state index >= 15 is 0 Å². The van der Waals surface area contributed by atoms with Gasteiger partial charge in [0, 0.05) is 6.04 Å². The summed E-state index contributed by atoms with van der Waals surface area (Å²) in [6.07, 6.45) is 1.51. The van der Waals surface area contributed by atoms with Gasteiger partial charge in [-0.25, -0.2) is 4.79 Å². The average Bonchev–Trinajstić information content (AvgIpc) is 2.59. The lowest BCUT2D eigenvalue weighted by molar-refractivity contribution is 0.0580. The molecule has 14 heavy (non-hydrogen) atoms. The molecule has 1 aromatic heterocycles. The third-order valence-electron chi connectivity index (χ3n) is 1.85. The highest BCUT2D eigenvalue weighted by atomic mass is 16.5. The maximum absolute atomic E-state index is 11.4. The van der Waals surface area contributed by atoms with Gasteiger partial charge in [-0.05, 0) is 13.8 Å². The molecule has 78 valence electrons. The van der Waals surface area contributed by atoms with Crippen LogP contribution in [0.1, 0.15) is 30.4 Å². The normalized spacial score (nSPS) is 10.4. The third-order valence-corrected chi connectivity index (χ3v) is 1.85. The summed E-state index contributed by atoms with van der Waals surface area (Å²) in [4.78, 5) is 11.4. The van der Waals surface area contributed by atoms with Crippen molar-refractivity contribution in [3.63, 3.8) is 0 Å². The van der Waals surface area contributed by atoms with Gasteiger partial charge in [0.2, 0.25) is 0 Å². The standard InChI is InChI=1S/C9H14N2O3/c1-6(2)11-8(9(12)14-4)7(13-3)5-10-11/h5-6H,1-4H3. The molecule has 0 aromatic carbocycles. The van der Waals surface area contributed by atoms with Crippen LogP contribution in [0.5, 0.6) is 5.75 Å². The van der Waals surface area contributed by atoms with Crippen LogP contribution >= 0.6 is 0 Å². The molecule has 0 unspecified atom stereocenters. The van der Waals surface area contributed by atoms with Gasteiger partial charge in [-0.1, -0.05) is 0 Å².